The Kier molecular flexibility index (Phi) is 5.73. The Balaban J connectivity index is 2.92. The summed E-state index contributed by atoms with van der Waals surface area (Å²) in [6.45, 7) is 1.42. The molecule has 0 aliphatic carbocycles. The number of nitrogens with one attached hydrogen (secondary N) is 1. The van der Waals surface area contributed by atoms with Gasteiger partial charge >= 0.3 is 5.97 Å². The van der Waals surface area contributed by atoms with Gasteiger partial charge in [-0.2, -0.15) is 0 Å². The van der Waals surface area contributed by atoms with Gasteiger partial charge in [0.05, 0.1) is 0 Å². The molecule has 0 heterocycles. The fourth-order valence-corrected chi connectivity index (χ4v) is 2.81. The maximum Gasteiger partial charge on any atom is 0.303 e. The maximum atomic E-state index is 13.4. The topological polar surface area (TPSA) is 83.5 Å². The predicted molar refractivity (Wildman–Crippen MR) is 67.5 cm³/mol. The zero-order chi connectivity index (χ0) is 16.2. The van der Waals surface area contributed by atoms with Crippen molar-refractivity contribution in [2.45, 2.75) is 24.7 Å². The van der Waals surface area contributed by atoms with Crippen molar-refractivity contribution in [3.05, 3.63) is 29.6 Å². The Morgan fingerprint density at radius 2 is 1.90 bits per heavy atom. The van der Waals surface area contributed by atoms with Crippen molar-refractivity contribution in [1.29, 1.82) is 0 Å². The first-order chi connectivity index (χ1) is 9.69. The van der Waals surface area contributed by atoms with E-state index in [0.29, 0.717) is 18.6 Å². The van der Waals surface area contributed by atoms with Crippen LogP contribution in [-0.4, -0.2) is 26.0 Å². The summed E-state index contributed by atoms with van der Waals surface area (Å²) in [6.07, 6.45) is 0.119. The van der Waals surface area contributed by atoms with Crippen molar-refractivity contribution in [3.8, 4) is 0 Å². The van der Waals surface area contributed by atoms with Crippen molar-refractivity contribution < 1.29 is 31.5 Å². The highest BCUT2D eigenvalue weighted by molar-refractivity contribution is 7.89. The van der Waals surface area contributed by atoms with E-state index in [4.69, 9.17) is 5.11 Å². The van der Waals surface area contributed by atoms with Gasteiger partial charge in [0.2, 0.25) is 10.0 Å². The highest BCUT2D eigenvalue weighted by Crippen LogP contribution is 2.20. The number of sulfonamides is 1. The van der Waals surface area contributed by atoms with Gasteiger partial charge in [0.1, 0.15) is 4.90 Å². The Morgan fingerprint density at radius 1 is 1.29 bits per heavy atom. The molecule has 0 radical (unpaired) electrons. The highest BCUT2D eigenvalue weighted by Gasteiger charge is 2.24. The number of carbonyl (C=O) groups is 1. The van der Waals surface area contributed by atoms with Crippen LogP contribution in [0, 0.1) is 23.4 Å². The molecule has 2 N–H and O–H groups in total. The van der Waals surface area contributed by atoms with E-state index < -0.39 is 44.3 Å². The number of carboxylic acids is 1. The van der Waals surface area contributed by atoms with Crippen LogP contribution >= 0.6 is 0 Å². The Morgan fingerprint density at radius 3 is 2.43 bits per heavy atom. The first kappa shape index (κ1) is 17.4. The molecule has 0 spiro atoms. The average Bonchev–Trinajstić information content (AvgIpc) is 2.40. The van der Waals surface area contributed by atoms with Gasteiger partial charge < -0.3 is 5.11 Å². The van der Waals surface area contributed by atoms with Gasteiger partial charge in [-0.15, -0.1) is 0 Å². The van der Waals surface area contributed by atoms with E-state index in [9.17, 15) is 26.4 Å². The number of hydrogen-bond acceptors (Lipinski definition) is 3. The zero-order valence-electron chi connectivity index (χ0n) is 11.1. The monoisotopic (exact) mass is 325 g/mol. The van der Waals surface area contributed by atoms with Crippen LogP contribution in [0.25, 0.3) is 0 Å². The number of rotatable bonds is 7. The summed E-state index contributed by atoms with van der Waals surface area (Å²) in [6, 6.07) is 1.11. The molecule has 1 atom stereocenters. The third-order valence-corrected chi connectivity index (χ3v) is 4.33. The van der Waals surface area contributed by atoms with Crippen molar-refractivity contribution in [2.75, 3.05) is 6.54 Å². The highest BCUT2D eigenvalue weighted by atomic mass is 32.2. The SMILES string of the molecule is CCC(CNS(=O)(=O)c1ccc(F)c(F)c1F)CC(=O)O. The van der Waals surface area contributed by atoms with Crippen LogP contribution in [0.3, 0.4) is 0 Å². The van der Waals surface area contributed by atoms with Gasteiger partial charge in [0, 0.05) is 13.0 Å². The third-order valence-electron chi connectivity index (χ3n) is 2.89. The van der Waals surface area contributed by atoms with Gasteiger partial charge in [-0.25, -0.2) is 26.3 Å². The molecule has 0 bridgehead atoms. The smallest absolute Gasteiger partial charge is 0.303 e. The van der Waals surface area contributed by atoms with Crippen LogP contribution in [-0.2, 0) is 14.8 Å². The minimum atomic E-state index is -4.40. The standard InChI is InChI=1S/C12H14F3NO4S/c1-2-7(5-10(17)18)6-16-21(19,20)9-4-3-8(13)11(14)12(9)15/h3-4,7,16H,2,5-6H2,1H3,(H,17,18). The second-order valence-electron chi connectivity index (χ2n) is 4.40. The van der Waals surface area contributed by atoms with Crippen molar-refractivity contribution in [1.82, 2.24) is 4.72 Å². The second-order valence-corrected chi connectivity index (χ2v) is 6.13. The summed E-state index contributed by atoms with van der Waals surface area (Å²) in [7, 11) is -4.40. The van der Waals surface area contributed by atoms with Crippen LogP contribution in [0.2, 0.25) is 0 Å². The molecule has 118 valence electrons. The fourth-order valence-electron chi connectivity index (χ4n) is 1.63. The molecular formula is C12H14F3NO4S. The van der Waals surface area contributed by atoms with Crippen LogP contribution in [0.15, 0.2) is 17.0 Å². The number of halogens is 3. The van der Waals surface area contributed by atoms with E-state index in [1.807, 2.05) is 4.72 Å². The molecule has 0 saturated heterocycles. The van der Waals surface area contributed by atoms with E-state index in [1.165, 1.54) is 0 Å². The van der Waals surface area contributed by atoms with Crippen LogP contribution in [0.1, 0.15) is 19.8 Å². The molecule has 21 heavy (non-hydrogen) atoms. The van der Waals surface area contributed by atoms with Gasteiger partial charge in [-0.3, -0.25) is 4.79 Å². The quantitative estimate of drug-likeness (QED) is 0.750. The molecule has 0 aliphatic heterocycles. The van der Waals surface area contributed by atoms with Crippen molar-refractivity contribution >= 4 is 16.0 Å². The predicted octanol–water partition coefficient (Wildman–Crippen LogP) is 1.88. The summed E-state index contributed by atoms with van der Waals surface area (Å²) >= 11 is 0. The van der Waals surface area contributed by atoms with Crippen molar-refractivity contribution in [3.63, 3.8) is 0 Å². The Hall–Kier alpha value is -1.61. The van der Waals surface area contributed by atoms with E-state index in [0.717, 1.165) is 0 Å². The molecule has 0 amide bonds. The lowest BCUT2D eigenvalue weighted by Crippen LogP contribution is -2.31. The van der Waals surface area contributed by atoms with E-state index in [1.54, 1.807) is 6.92 Å². The number of aliphatic carboxylic acids is 1. The molecular weight excluding hydrogens is 311 g/mol. The lowest BCUT2D eigenvalue weighted by molar-refractivity contribution is -0.138. The molecule has 1 aromatic rings. The van der Waals surface area contributed by atoms with E-state index >= 15 is 0 Å². The van der Waals surface area contributed by atoms with Gasteiger partial charge in [0.15, 0.2) is 17.5 Å². The molecule has 5 nitrogen and oxygen atoms in total. The molecule has 0 saturated carbocycles. The summed E-state index contributed by atoms with van der Waals surface area (Å²) in [5, 5.41) is 8.64. The molecule has 1 aromatic carbocycles. The number of carboxylic acid groups (broad SMARTS) is 1. The number of benzene rings is 1. The van der Waals surface area contributed by atoms with Crippen molar-refractivity contribution in [2.24, 2.45) is 5.92 Å². The largest absolute Gasteiger partial charge is 0.481 e. The molecule has 9 heteroatoms. The van der Waals surface area contributed by atoms with Crippen LogP contribution < -0.4 is 4.72 Å². The van der Waals surface area contributed by atoms with Gasteiger partial charge in [-0.05, 0) is 18.1 Å². The average molecular weight is 325 g/mol. The molecule has 1 unspecified atom stereocenters. The van der Waals surface area contributed by atoms with E-state index in [2.05, 4.69) is 0 Å². The molecule has 0 aliphatic rings. The summed E-state index contributed by atoms with van der Waals surface area (Å²) in [5.41, 5.74) is 0. The normalized spacial score (nSPS) is 13.1. The van der Waals surface area contributed by atoms with Crippen LogP contribution in [0.4, 0.5) is 13.2 Å². The summed E-state index contributed by atoms with van der Waals surface area (Å²) in [5.74, 6) is -6.78. The van der Waals surface area contributed by atoms with Gasteiger partial charge in [-0.1, -0.05) is 13.3 Å². The summed E-state index contributed by atoms with van der Waals surface area (Å²) in [4.78, 5) is 9.55. The lowest BCUT2D eigenvalue weighted by atomic mass is 10.0. The van der Waals surface area contributed by atoms with Gasteiger partial charge in [0.25, 0.3) is 0 Å². The lowest BCUT2D eigenvalue weighted by Gasteiger charge is -2.14. The Bertz CT molecular complexity index is 634. The number of hydrogen-bond donors (Lipinski definition) is 2. The van der Waals surface area contributed by atoms with Crippen LogP contribution in [0.5, 0.6) is 0 Å². The van der Waals surface area contributed by atoms with E-state index in [-0.39, 0.29) is 13.0 Å². The molecule has 0 aromatic heterocycles. The minimum absolute atomic E-state index is 0.246. The minimum Gasteiger partial charge on any atom is -0.481 e. The fraction of sp³-hybridized carbons (Fsp3) is 0.417. The molecule has 1 rings (SSSR count). The zero-order valence-corrected chi connectivity index (χ0v) is 11.9. The maximum absolute atomic E-state index is 13.4. The first-order valence-corrected chi connectivity index (χ1v) is 7.52. The first-order valence-electron chi connectivity index (χ1n) is 6.04. The third kappa shape index (κ3) is 4.43. The molecule has 0 fully saturated rings. The Labute approximate surface area is 119 Å². The second kappa shape index (κ2) is 6.90. The summed E-state index contributed by atoms with van der Waals surface area (Å²) < 4.78 is 64.9.